The molecule has 18 heavy (non-hydrogen) atoms. The monoisotopic (exact) mass is 242 g/mol. The number of aromatic nitrogens is 2. The van der Waals surface area contributed by atoms with E-state index in [4.69, 9.17) is 0 Å². The van der Waals surface area contributed by atoms with E-state index >= 15 is 0 Å². The normalized spacial score (nSPS) is 12.1. The van der Waals surface area contributed by atoms with Gasteiger partial charge in [0.05, 0.1) is 6.04 Å². The summed E-state index contributed by atoms with van der Waals surface area (Å²) in [6, 6.07) is 9.25. The van der Waals surface area contributed by atoms with E-state index in [2.05, 4.69) is 11.6 Å². The summed E-state index contributed by atoms with van der Waals surface area (Å²) < 4.78 is 1.47. The summed E-state index contributed by atoms with van der Waals surface area (Å²) in [6.45, 7) is 5.42. The summed E-state index contributed by atoms with van der Waals surface area (Å²) in [7, 11) is 0. The van der Waals surface area contributed by atoms with Gasteiger partial charge in [0.1, 0.15) is 0 Å². The van der Waals surface area contributed by atoms with Crippen molar-refractivity contribution < 1.29 is 0 Å². The predicted molar refractivity (Wildman–Crippen MR) is 70.8 cm³/mol. The fraction of sp³-hybridized carbons (Fsp3) is 0.143. The summed E-state index contributed by atoms with van der Waals surface area (Å²) in [4.78, 5) is 25.5. The van der Waals surface area contributed by atoms with Gasteiger partial charge in [0.15, 0.2) is 0 Å². The smallest absolute Gasteiger partial charge is 0.289 e. The fourth-order valence-corrected chi connectivity index (χ4v) is 1.85. The average molecular weight is 242 g/mol. The van der Waals surface area contributed by atoms with E-state index in [1.165, 1.54) is 4.57 Å². The van der Waals surface area contributed by atoms with Crippen molar-refractivity contribution in [2.75, 3.05) is 0 Å². The molecule has 0 saturated carbocycles. The van der Waals surface area contributed by atoms with Crippen LogP contribution in [0.15, 0.2) is 58.8 Å². The van der Waals surface area contributed by atoms with Crippen LogP contribution in [0.4, 0.5) is 0 Å². The number of rotatable bonds is 3. The Morgan fingerprint density at radius 1 is 1.28 bits per heavy atom. The van der Waals surface area contributed by atoms with Gasteiger partial charge in [-0.05, 0) is 12.5 Å². The maximum absolute atomic E-state index is 11.8. The number of benzene rings is 1. The molecule has 1 heterocycles. The largest absolute Gasteiger partial charge is 0.329 e. The number of aryl methyl sites for hydroxylation is 1. The first kappa shape index (κ1) is 12.1. The molecular weight excluding hydrogens is 228 g/mol. The molecule has 0 bridgehead atoms. The van der Waals surface area contributed by atoms with Crippen molar-refractivity contribution in [2.45, 2.75) is 13.0 Å². The lowest BCUT2D eigenvalue weighted by atomic mass is 10.1. The molecule has 0 aliphatic heterocycles. The van der Waals surface area contributed by atoms with Gasteiger partial charge in [-0.2, -0.15) is 0 Å². The van der Waals surface area contributed by atoms with Crippen molar-refractivity contribution in [1.82, 2.24) is 9.55 Å². The second-order valence-corrected chi connectivity index (χ2v) is 4.07. The quantitative estimate of drug-likeness (QED) is 0.831. The van der Waals surface area contributed by atoms with Gasteiger partial charge in [0, 0.05) is 11.8 Å². The Bertz CT molecular complexity index is 668. The second kappa shape index (κ2) is 4.87. The molecule has 0 spiro atoms. The summed E-state index contributed by atoms with van der Waals surface area (Å²) in [5.74, 6) is 0. The van der Waals surface area contributed by atoms with Crippen LogP contribution in [-0.4, -0.2) is 9.55 Å². The lowest BCUT2D eigenvalue weighted by Crippen LogP contribution is -2.33. The van der Waals surface area contributed by atoms with Crippen molar-refractivity contribution in [3.8, 4) is 0 Å². The number of nitrogens with zero attached hydrogens (tertiary/aromatic N) is 1. The molecule has 1 aromatic carbocycles. The first-order chi connectivity index (χ1) is 8.63. The minimum atomic E-state index is -0.431. The van der Waals surface area contributed by atoms with Gasteiger partial charge in [0.2, 0.25) is 0 Å². The van der Waals surface area contributed by atoms with E-state index in [1.807, 2.05) is 30.3 Å². The molecule has 2 aromatic rings. The van der Waals surface area contributed by atoms with Crippen molar-refractivity contribution >= 4 is 0 Å². The van der Waals surface area contributed by atoms with Crippen LogP contribution >= 0.6 is 0 Å². The summed E-state index contributed by atoms with van der Waals surface area (Å²) in [6.07, 6.45) is 3.23. The Balaban J connectivity index is 2.60. The van der Waals surface area contributed by atoms with Gasteiger partial charge in [-0.25, -0.2) is 4.79 Å². The molecule has 0 saturated heterocycles. The Morgan fingerprint density at radius 2 is 1.94 bits per heavy atom. The summed E-state index contributed by atoms with van der Waals surface area (Å²) >= 11 is 0. The molecule has 1 N–H and O–H groups in total. The standard InChI is InChI=1S/C14H14N2O2/c1-3-12(11-7-5-4-6-8-11)16-9-10(2)13(17)15-14(16)18/h3-9,12H,1H2,2H3,(H,15,17,18). The topological polar surface area (TPSA) is 54.9 Å². The van der Waals surface area contributed by atoms with Crippen LogP contribution in [0.25, 0.3) is 0 Å². The first-order valence-electron chi connectivity index (χ1n) is 5.63. The van der Waals surface area contributed by atoms with Gasteiger partial charge in [-0.3, -0.25) is 14.3 Å². The number of hydrogen-bond acceptors (Lipinski definition) is 2. The van der Waals surface area contributed by atoms with Crippen LogP contribution < -0.4 is 11.2 Å². The predicted octanol–water partition coefficient (Wildman–Crippen LogP) is 1.62. The highest BCUT2D eigenvalue weighted by Crippen LogP contribution is 2.16. The molecule has 0 aliphatic rings. The fourth-order valence-electron chi connectivity index (χ4n) is 1.85. The highest BCUT2D eigenvalue weighted by Gasteiger charge is 2.12. The van der Waals surface area contributed by atoms with Crippen LogP contribution in [0.5, 0.6) is 0 Å². The van der Waals surface area contributed by atoms with Crippen LogP contribution in [0.1, 0.15) is 17.2 Å². The molecule has 0 radical (unpaired) electrons. The zero-order valence-corrected chi connectivity index (χ0v) is 10.1. The molecule has 92 valence electrons. The minimum Gasteiger partial charge on any atom is -0.289 e. The highest BCUT2D eigenvalue weighted by molar-refractivity contribution is 5.24. The molecule has 0 amide bonds. The Kier molecular flexibility index (Phi) is 3.28. The van der Waals surface area contributed by atoms with Crippen molar-refractivity contribution in [1.29, 1.82) is 0 Å². The minimum absolute atomic E-state index is 0.283. The number of H-pyrrole nitrogens is 1. The number of aromatic amines is 1. The van der Waals surface area contributed by atoms with Gasteiger partial charge < -0.3 is 0 Å². The molecule has 0 aliphatic carbocycles. The lowest BCUT2D eigenvalue weighted by molar-refractivity contribution is 0.640. The van der Waals surface area contributed by atoms with E-state index in [1.54, 1.807) is 19.2 Å². The molecule has 1 aromatic heterocycles. The van der Waals surface area contributed by atoms with Crippen LogP contribution in [-0.2, 0) is 0 Å². The Hall–Kier alpha value is -2.36. The molecular formula is C14H14N2O2. The van der Waals surface area contributed by atoms with Crippen LogP contribution in [0.3, 0.4) is 0 Å². The molecule has 1 unspecified atom stereocenters. The van der Waals surface area contributed by atoms with Gasteiger partial charge in [-0.1, -0.05) is 36.4 Å². The average Bonchev–Trinajstić information content (AvgIpc) is 2.38. The zero-order chi connectivity index (χ0) is 13.1. The van der Waals surface area contributed by atoms with Gasteiger partial charge in [-0.15, -0.1) is 6.58 Å². The SMILES string of the molecule is C=CC(c1ccccc1)n1cc(C)c(=O)[nH]c1=O. The summed E-state index contributed by atoms with van der Waals surface area (Å²) in [5, 5.41) is 0. The lowest BCUT2D eigenvalue weighted by Gasteiger charge is -2.16. The zero-order valence-electron chi connectivity index (χ0n) is 10.1. The summed E-state index contributed by atoms with van der Waals surface area (Å²) in [5.41, 5.74) is 0.657. The van der Waals surface area contributed by atoms with Gasteiger partial charge >= 0.3 is 5.69 Å². The molecule has 2 rings (SSSR count). The first-order valence-corrected chi connectivity index (χ1v) is 5.63. The second-order valence-electron chi connectivity index (χ2n) is 4.07. The van der Waals surface area contributed by atoms with E-state index in [0.717, 1.165) is 5.56 Å². The third-order valence-electron chi connectivity index (χ3n) is 2.81. The third kappa shape index (κ3) is 2.18. The maximum Gasteiger partial charge on any atom is 0.329 e. The van der Waals surface area contributed by atoms with E-state index in [0.29, 0.717) is 5.56 Å². The number of hydrogen-bond donors (Lipinski definition) is 1. The Labute approximate surface area is 104 Å². The molecule has 0 fully saturated rings. The van der Waals surface area contributed by atoms with Crippen LogP contribution in [0, 0.1) is 6.92 Å². The van der Waals surface area contributed by atoms with Crippen LogP contribution in [0.2, 0.25) is 0 Å². The van der Waals surface area contributed by atoms with Crippen molar-refractivity contribution in [2.24, 2.45) is 0 Å². The highest BCUT2D eigenvalue weighted by atomic mass is 16.2. The number of allylic oxidation sites excluding steroid dienone is 1. The Morgan fingerprint density at radius 3 is 2.56 bits per heavy atom. The van der Waals surface area contributed by atoms with Gasteiger partial charge in [0.25, 0.3) is 5.56 Å². The molecule has 4 heteroatoms. The van der Waals surface area contributed by atoms with E-state index in [9.17, 15) is 9.59 Å². The van der Waals surface area contributed by atoms with E-state index < -0.39 is 5.69 Å². The third-order valence-corrected chi connectivity index (χ3v) is 2.81. The number of nitrogens with one attached hydrogen (secondary N) is 1. The van der Waals surface area contributed by atoms with Crippen molar-refractivity contribution in [3.63, 3.8) is 0 Å². The maximum atomic E-state index is 11.8. The molecule has 1 atom stereocenters. The van der Waals surface area contributed by atoms with E-state index in [-0.39, 0.29) is 11.6 Å². The molecule has 4 nitrogen and oxygen atoms in total. The van der Waals surface area contributed by atoms with Crippen molar-refractivity contribution in [3.05, 3.63) is 81.1 Å².